The molecule has 0 spiro atoms. The van der Waals surface area contributed by atoms with Crippen LogP contribution in [0.5, 0.6) is 0 Å². The van der Waals surface area contributed by atoms with Crippen LogP contribution in [0, 0.1) is 5.92 Å². The van der Waals surface area contributed by atoms with E-state index in [4.69, 9.17) is 17.3 Å². The van der Waals surface area contributed by atoms with Crippen LogP contribution in [0.2, 0.25) is 5.02 Å². The number of amides is 2. The highest BCUT2D eigenvalue weighted by Crippen LogP contribution is 2.28. The van der Waals surface area contributed by atoms with Crippen molar-refractivity contribution in [3.05, 3.63) is 28.2 Å². The number of nitrogens with zero attached hydrogens (tertiary/aromatic N) is 1. The highest BCUT2D eigenvalue weighted by molar-refractivity contribution is 7.18. The van der Waals surface area contributed by atoms with Crippen molar-refractivity contribution < 1.29 is 9.59 Å². The summed E-state index contributed by atoms with van der Waals surface area (Å²) in [6, 6.07) is 4.81. The summed E-state index contributed by atoms with van der Waals surface area (Å²) in [4.78, 5) is 29.5. The van der Waals surface area contributed by atoms with E-state index in [0.717, 1.165) is 28.1 Å². The average molecular weight is 451 g/mol. The lowest BCUT2D eigenvalue weighted by Gasteiger charge is -2.24. The molecule has 0 saturated heterocycles. The third kappa shape index (κ3) is 6.65. The van der Waals surface area contributed by atoms with E-state index in [1.165, 1.54) is 43.4 Å². The second kappa shape index (κ2) is 11.1. The fraction of sp³-hybridized carbons (Fsp3) is 0.591. The van der Waals surface area contributed by atoms with E-state index in [1.54, 1.807) is 13.0 Å². The Bertz CT molecular complexity index is 866. The number of aromatic nitrogens is 1. The van der Waals surface area contributed by atoms with Gasteiger partial charge in [-0.25, -0.2) is 4.98 Å². The second-order valence-corrected chi connectivity index (χ2v) is 9.65. The number of fused-ring (bicyclic) bond motifs is 1. The van der Waals surface area contributed by atoms with Gasteiger partial charge in [-0.3, -0.25) is 9.59 Å². The maximum absolute atomic E-state index is 12.9. The van der Waals surface area contributed by atoms with Crippen molar-refractivity contribution in [2.45, 2.75) is 76.9 Å². The summed E-state index contributed by atoms with van der Waals surface area (Å²) in [5.41, 5.74) is 7.03. The predicted molar refractivity (Wildman–Crippen MR) is 122 cm³/mol. The van der Waals surface area contributed by atoms with Gasteiger partial charge in [0.2, 0.25) is 11.8 Å². The van der Waals surface area contributed by atoms with Crippen LogP contribution in [0.4, 0.5) is 0 Å². The molecular weight excluding hydrogens is 420 g/mol. The van der Waals surface area contributed by atoms with Crippen molar-refractivity contribution in [3.63, 3.8) is 0 Å². The van der Waals surface area contributed by atoms with Gasteiger partial charge >= 0.3 is 0 Å². The van der Waals surface area contributed by atoms with Crippen molar-refractivity contribution in [1.29, 1.82) is 0 Å². The molecule has 2 amide bonds. The van der Waals surface area contributed by atoms with E-state index in [9.17, 15) is 9.59 Å². The van der Waals surface area contributed by atoms with E-state index in [-0.39, 0.29) is 11.8 Å². The van der Waals surface area contributed by atoms with Crippen LogP contribution in [0.25, 0.3) is 10.2 Å². The highest BCUT2D eigenvalue weighted by atomic mass is 35.5. The van der Waals surface area contributed by atoms with Crippen molar-refractivity contribution in [3.8, 4) is 0 Å². The van der Waals surface area contributed by atoms with Gasteiger partial charge in [-0.15, -0.1) is 11.3 Å². The summed E-state index contributed by atoms with van der Waals surface area (Å²) in [6.07, 6.45) is 8.46. The lowest BCUT2D eigenvalue weighted by molar-refractivity contribution is -0.129. The van der Waals surface area contributed by atoms with Crippen LogP contribution in [0.1, 0.15) is 63.3 Å². The van der Waals surface area contributed by atoms with Crippen LogP contribution in [0.3, 0.4) is 0 Å². The first-order valence-electron chi connectivity index (χ1n) is 10.8. The van der Waals surface area contributed by atoms with Gasteiger partial charge < -0.3 is 16.4 Å². The van der Waals surface area contributed by atoms with Crippen molar-refractivity contribution in [2.24, 2.45) is 11.7 Å². The van der Waals surface area contributed by atoms with Gasteiger partial charge in [0.05, 0.1) is 21.4 Å². The molecule has 0 aliphatic heterocycles. The average Bonchev–Trinajstić information content (AvgIpc) is 3.13. The number of hydrogen-bond donors (Lipinski definition) is 3. The first-order valence-corrected chi connectivity index (χ1v) is 12.0. The third-order valence-electron chi connectivity index (χ3n) is 5.68. The quantitative estimate of drug-likeness (QED) is 0.500. The summed E-state index contributed by atoms with van der Waals surface area (Å²) in [6.45, 7) is 1.76. The number of nitrogens with one attached hydrogen (secondary N) is 2. The van der Waals surface area contributed by atoms with Gasteiger partial charge in [0, 0.05) is 17.9 Å². The number of halogens is 1. The maximum Gasteiger partial charge on any atom is 0.244 e. The zero-order valence-electron chi connectivity index (χ0n) is 17.5. The van der Waals surface area contributed by atoms with Crippen LogP contribution in [-0.4, -0.2) is 29.0 Å². The minimum absolute atomic E-state index is 0.171. The maximum atomic E-state index is 12.9. The number of benzene rings is 1. The van der Waals surface area contributed by atoms with Gasteiger partial charge in [-0.05, 0) is 37.0 Å². The number of thiazole rings is 1. The minimum Gasteiger partial charge on any atom is -0.344 e. The Kier molecular flexibility index (Phi) is 8.48. The molecule has 164 valence electrons. The van der Waals surface area contributed by atoms with E-state index in [2.05, 4.69) is 15.6 Å². The predicted octanol–water partition coefficient (Wildman–Crippen LogP) is 4.15. The Morgan fingerprint density at radius 3 is 2.77 bits per heavy atom. The Morgan fingerprint density at radius 2 is 2.03 bits per heavy atom. The molecule has 8 heteroatoms. The molecule has 1 saturated carbocycles. The van der Waals surface area contributed by atoms with Crippen molar-refractivity contribution in [2.75, 3.05) is 0 Å². The van der Waals surface area contributed by atoms with E-state index >= 15 is 0 Å². The molecule has 0 bridgehead atoms. The first-order chi connectivity index (χ1) is 14.4. The van der Waals surface area contributed by atoms with E-state index in [1.807, 2.05) is 12.1 Å². The van der Waals surface area contributed by atoms with Gasteiger partial charge in [-0.2, -0.15) is 0 Å². The molecule has 3 rings (SSSR count). The molecule has 0 radical (unpaired) electrons. The summed E-state index contributed by atoms with van der Waals surface area (Å²) in [7, 11) is 0. The molecule has 1 aliphatic carbocycles. The number of carbonyl (C=O) groups excluding carboxylic acids is 2. The Morgan fingerprint density at radius 1 is 1.27 bits per heavy atom. The molecule has 1 heterocycles. The largest absolute Gasteiger partial charge is 0.344 e. The van der Waals surface area contributed by atoms with Gasteiger partial charge in [-0.1, -0.05) is 50.6 Å². The first kappa shape index (κ1) is 23.0. The van der Waals surface area contributed by atoms with Crippen molar-refractivity contribution in [1.82, 2.24) is 15.6 Å². The SMILES string of the molecule is CCC(=O)NC(Cc1nc2ccc(Cl)cc2s1)C(=O)NC(N)CCC1CCCCC1. The van der Waals surface area contributed by atoms with Gasteiger partial charge in [0.25, 0.3) is 0 Å². The molecule has 2 unspecified atom stereocenters. The second-order valence-electron chi connectivity index (χ2n) is 8.09. The zero-order chi connectivity index (χ0) is 21.5. The summed E-state index contributed by atoms with van der Waals surface area (Å²) < 4.78 is 0.961. The number of rotatable bonds is 9. The van der Waals surface area contributed by atoms with Crippen LogP contribution in [-0.2, 0) is 16.0 Å². The fourth-order valence-corrected chi connectivity index (χ4v) is 5.25. The molecule has 4 N–H and O–H groups in total. The molecule has 1 fully saturated rings. The third-order valence-corrected chi connectivity index (χ3v) is 6.96. The Balaban J connectivity index is 1.60. The summed E-state index contributed by atoms with van der Waals surface area (Å²) in [5, 5.41) is 7.13. The minimum atomic E-state index is -0.700. The smallest absolute Gasteiger partial charge is 0.244 e. The molecular formula is C22H31ClN4O2S. The number of hydrogen-bond acceptors (Lipinski definition) is 5. The number of nitrogens with two attached hydrogens (primary N) is 1. The van der Waals surface area contributed by atoms with E-state index < -0.39 is 12.2 Å². The highest BCUT2D eigenvalue weighted by Gasteiger charge is 2.24. The molecule has 2 atom stereocenters. The topological polar surface area (TPSA) is 97.1 Å². The fourth-order valence-electron chi connectivity index (χ4n) is 3.96. The Labute approximate surface area is 187 Å². The normalized spacial score (nSPS) is 16.9. The molecule has 6 nitrogen and oxygen atoms in total. The monoisotopic (exact) mass is 450 g/mol. The van der Waals surface area contributed by atoms with Crippen LogP contribution in [0.15, 0.2) is 18.2 Å². The summed E-state index contributed by atoms with van der Waals surface area (Å²) in [5.74, 6) is 0.284. The lowest BCUT2D eigenvalue weighted by Crippen LogP contribution is -2.52. The van der Waals surface area contributed by atoms with Crippen molar-refractivity contribution >= 4 is 45.0 Å². The molecule has 1 aliphatic rings. The molecule has 30 heavy (non-hydrogen) atoms. The number of carbonyl (C=O) groups is 2. The van der Waals surface area contributed by atoms with E-state index in [0.29, 0.717) is 23.8 Å². The molecule has 2 aromatic rings. The molecule has 1 aromatic carbocycles. The zero-order valence-corrected chi connectivity index (χ0v) is 19.0. The Hall–Kier alpha value is -1.70. The standard InChI is InChI=1S/C22H31ClN4O2S/c1-2-20(28)25-17(13-21-26-16-10-9-15(23)12-18(16)30-21)22(29)27-19(24)11-8-14-6-4-3-5-7-14/h9-10,12,14,17,19H,2-8,11,13,24H2,1H3,(H,25,28)(H,27,29). The van der Waals surface area contributed by atoms with Crippen LogP contribution < -0.4 is 16.4 Å². The van der Waals surface area contributed by atoms with Gasteiger partial charge in [0.15, 0.2) is 0 Å². The van der Waals surface area contributed by atoms with Crippen LogP contribution >= 0.6 is 22.9 Å². The van der Waals surface area contributed by atoms with Gasteiger partial charge in [0.1, 0.15) is 6.04 Å². The summed E-state index contributed by atoms with van der Waals surface area (Å²) >= 11 is 7.54. The lowest BCUT2D eigenvalue weighted by atomic mass is 9.86. The molecule has 1 aromatic heterocycles.